The van der Waals surface area contributed by atoms with Crippen molar-refractivity contribution in [2.45, 2.75) is 32.1 Å². The number of carbonyl (C=O) groups excluding carboxylic acids is 1. The van der Waals surface area contributed by atoms with Gasteiger partial charge in [-0.05, 0) is 43.2 Å². The second-order valence-electron chi connectivity index (χ2n) is 9.74. The Morgan fingerprint density at radius 3 is 2.26 bits per heavy atom. The molecule has 35 heavy (non-hydrogen) atoms. The first kappa shape index (κ1) is 23.4. The van der Waals surface area contributed by atoms with Gasteiger partial charge >= 0.3 is 0 Å². The van der Waals surface area contributed by atoms with Gasteiger partial charge in [-0.3, -0.25) is 14.6 Å². The number of amides is 1. The maximum Gasteiger partial charge on any atom is 0.255 e. The zero-order valence-corrected chi connectivity index (χ0v) is 20.6. The van der Waals surface area contributed by atoms with Crippen molar-refractivity contribution in [3.63, 3.8) is 0 Å². The highest BCUT2D eigenvalue weighted by molar-refractivity contribution is 6.03. The average molecular weight is 470 g/mol. The number of piperazine rings is 1. The predicted molar refractivity (Wildman–Crippen MR) is 142 cm³/mol. The molecule has 0 saturated carbocycles. The van der Waals surface area contributed by atoms with Crippen LogP contribution >= 0.6 is 0 Å². The molecular weight excluding hydrogens is 434 g/mol. The lowest BCUT2D eigenvalue weighted by atomic mass is 10.00. The van der Waals surface area contributed by atoms with Crippen LogP contribution < -0.4 is 16.0 Å². The molecule has 3 N–H and O–H groups in total. The van der Waals surface area contributed by atoms with E-state index < -0.39 is 0 Å². The first-order chi connectivity index (χ1) is 17.0. The van der Waals surface area contributed by atoms with Gasteiger partial charge in [0, 0.05) is 50.5 Å². The fraction of sp³-hybridized carbons (Fsp3) is 0.345. The normalized spacial score (nSPS) is 20.7. The van der Waals surface area contributed by atoms with E-state index in [9.17, 15) is 4.79 Å². The third kappa shape index (κ3) is 4.90. The highest BCUT2D eigenvalue weighted by Crippen LogP contribution is 2.36. The molecule has 2 aliphatic rings. The van der Waals surface area contributed by atoms with Gasteiger partial charge in [-0.15, -0.1) is 0 Å². The number of nitrogens with one attached hydrogen (secondary N) is 1. The van der Waals surface area contributed by atoms with Crippen molar-refractivity contribution in [1.82, 2.24) is 15.1 Å². The third-order valence-corrected chi connectivity index (χ3v) is 7.44. The summed E-state index contributed by atoms with van der Waals surface area (Å²) in [5, 5.41) is 3.23. The van der Waals surface area contributed by atoms with Crippen LogP contribution in [-0.2, 0) is 0 Å². The van der Waals surface area contributed by atoms with Gasteiger partial charge in [0.25, 0.3) is 5.91 Å². The fourth-order valence-electron chi connectivity index (χ4n) is 5.48. The minimum atomic E-state index is -0.214. The molecule has 1 fully saturated rings. The Labute approximate surface area is 208 Å². The van der Waals surface area contributed by atoms with Crippen LogP contribution in [0.1, 0.15) is 47.5 Å². The Kier molecular flexibility index (Phi) is 6.75. The van der Waals surface area contributed by atoms with E-state index in [1.165, 1.54) is 5.56 Å². The highest BCUT2D eigenvalue weighted by atomic mass is 16.2. The summed E-state index contributed by atoms with van der Waals surface area (Å²) in [5.41, 5.74) is 10.7. The van der Waals surface area contributed by atoms with Gasteiger partial charge in [0.05, 0.1) is 11.3 Å². The van der Waals surface area contributed by atoms with Crippen molar-refractivity contribution in [3.8, 4) is 0 Å². The number of nitrogens with two attached hydrogens (primary N) is 1. The summed E-state index contributed by atoms with van der Waals surface area (Å²) >= 11 is 0. The maximum atomic E-state index is 13.0. The lowest BCUT2D eigenvalue weighted by Crippen LogP contribution is -2.55. The topological polar surface area (TPSA) is 64.8 Å². The molecule has 2 heterocycles. The van der Waals surface area contributed by atoms with Crippen LogP contribution in [0.5, 0.6) is 0 Å². The molecule has 3 aromatic carbocycles. The molecule has 0 radical (unpaired) electrons. The lowest BCUT2D eigenvalue weighted by molar-refractivity contribution is 0.0900. The summed E-state index contributed by atoms with van der Waals surface area (Å²) in [6.07, 6.45) is -0.214. The highest BCUT2D eigenvalue weighted by Gasteiger charge is 2.35. The van der Waals surface area contributed by atoms with Crippen LogP contribution in [0.15, 0.2) is 78.9 Å². The molecule has 6 heteroatoms. The van der Waals surface area contributed by atoms with E-state index in [2.05, 4.69) is 76.3 Å². The van der Waals surface area contributed by atoms with E-state index in [-0.39, 0.29) is 18.1 Å². The minimum absolute atomic E-state index is 0.0758. The molecule has 3 atom stereocenters. The molecular formula is C29H35N5O. The summed E-state index contributed by atoms with van der Waals surface area (Å²) in [6, 6.07) is 27.3. The van der Waals surface area contributed by atoms with Crippen LogP contribution in [0.4, 0.5) is 11.4 Å². The van der Waals surface area contributed by atoms with Gasteiger partial charge in [0.1, 0.15) is 6.17 Å². The molecule has 0 bridgehead atoms. The van der Waals surface area contributed by atoms with Crippen molar-refractivity contribution in [3.05, 3.63) is 95.6 Å². The molecule has 1 amide bonds. The summed E-state index contributed by atoms with van der Waals surface area (Å²) in [7, 11) is 0. The van der Waals surface area contributed by atoms with Crippen LogP contribution in [-0.4, -0.2) is 54.5 Å². The molecule has 6 nitrogen and oxygen atoms in total. The number of fused-ring (bicyclic) bond motifs is 1. The van der Waals surface area contributed by atoms with Gasteiger partial charge < -0.3 is 16.0 Å². The van der Waals surface area contributed by atoms with Gasteiger partial charge in [0.15, 0.2) is 0 Å². The molecule has 0 aromatic heterocycles. The van der Waals surface area contributed by atoms with Crippen molar-refractivity contribution < 1.29 is 4.79 Å². The molecule has 5 rings (SSSR count). The largest absolute Gasteiger partial charge is 0.399 e. The number of nitrogens with zero attached hydrogens (tertiary/aromatic N) is 3. The monoisotopic (exact) mass is 469 g/mol. The predicted octanol–water partition coefficient (Wildman–Crippen LogP) is 4.28. The third-order valence-electron chi connectivity index (χ3n) is 7.44. The molecule has 0 spiro atoms. The average Bonchev–Trinajstić information content (AvgIpc) is 2.90. The van der Waals surface area contributed by atoms with E-state index in [0.717, 1.165) is 44.0 Å². The minimum Gasteiger partial charge on any atom is -0.399 e. The Hall–Kier alpha value is -3.35. The number of hydrogen-bond acceptors (Lipinski definition) is 5. The van der Waals surface area contributed by atoms with E-state index in [1.807, 2.05) is 30.3 Å². The SMILES string of the molecule is CC(c1ccccc1)N1CCN(CC(C)N2c3ccc(N)cc3C(=O)NC2c2ccccc2)CC1. The Bertz CT molecular complexity index is 1140. The fourth-order valence-corrected chi connectivity index (χ4v) is 5.48. The zero-order valence-electron chi connectivity index (χ0n) is 20.6. The molecule has 3 unspecified atom stereocenters. The Morgan fingerprint density at radius 1 is 0.914 bits per heavy atom. The first-order valence-electron chi connectivity index (χ1n) is 12.6. The van der Waals surface area contributed by atoms with Gasteiger partial charge in [-0.2, -0.15) is 0 Å². The standard InChI is InChI=1S/C29H35N5O/c1-21(20-32-15-17-33(18-16-32)22(2)23-9-5-3-6-10-23)34-27-14-13-25(30)19-26(27)29(35)31-28(34)24-11-7-4-8-12-24/h3-14,19,21-22,28H,15-18,20,30H2,1-2H3,(H,31,35). The van der Waals surface area contributed by atoms with E-state index in [0.29, 0.717) is 17.3 Å². The molecule has 0 aliphatic carbocycles. The van der Waals surface area contributed by atoms with Crippen molar-refractivity contribution in [1.29, 1.82) is 0 Å². The van der Waals surface area contributed by atoms with Gasteiger partial charge in [-0.1, -0.05) is 60.7 Å². The smallest absolute Gasteiger partial charge is 0.255 e. The number of anilines is 2. The molecule has 2 aliphatic heterocycles. The van der Waals surface area contributed by atoms with Gasteiger partial charge in [0.2, 0.25) is 0 Å². The molecule has 1 saturated heterocycles. The molecule has 182 valence electrons. The van der Waals surface area contributed by atoms with Crippen LogP contribution in [0.2, 0.25) is 0 Å². The summed E-state index contributed by atoms with van der Waals surface area (Å²) in [4.78, 5) is 20.5. The Balaban J connectivity index is 1.32. The van der Waals surface area contributed by atoms with Gasteiger partial charge in [-0.25, -0.2) is 0 Å². The Morgan fingerprint density at radius 2 is 1.57 bits per heavy atom. The number of hydrogen-bond donors (Lipinski definition) is 2. The summed E-state index contributed by atoms with van der Waals surface area (Å²) in [5.74, 6) is -0.0758. The first-order valence-corrected chi connectivity index (χ1v) is 12.6. The maximum absolute atomic E-state index is 13.0. The van der Waals surface area contributed by atoms with E-state index >= 15 is 0 Å². The zero-order chi connectivity index (χ0) is 24.4. The second kappa shape index (κ2) is 10.1. The van der Waals surface area contributed by atoms with E-state index in [1.54, 1.807) is 6.07 Å². The van der Waals surface area contributed by atoms with Crippen LogP contribution in [0.3, 0.4) is 0 Å². The number of rotatable bonds is 6. The number of carbonyl (C=O) groups is 1. The summed E-state index contributed by atoms with van der Waals surface area (Å²) < 4.78 is 0. The lowest BCUT2D eigenvalue weighted by Gasteiger charge is -2.45. The van der Waals surface area contributed by atoms with Crippen molar-refractivity contribution >= 4 is 17.3 Å². The van der Waals surface area contributed by atoms with Crippen LogP contribution in [0, 0.1) is 0 Å². The summed E-state index contributed by atoms with van der Waals surface area (Å²) in [6.45, 7) is 9.66. The van der Waals surface area contributed by atoms with Crippen LogP contribution in [0.25, 0.3) is 0 Å². The quantitative estimate of drug-likeness (QED) is 0.528. The second-order valence-corrected chi connectivity index (χ2v) is 9.74. The van der Waals surface area contributed by atoms with Crippen molar-refractivity contribution in [2.24, 2.45) is 0 Å². The number of benzene rings is 3. The van der Waals surface area contributed by atoms with Crippen molar-refractivity contribution in [2.75, 3.05) is 43.4 Å². The number of nitrogen functional groups attached to an aromatic ring is 1. The van der Waals surface area contributed by atoms with E-state index in [4.69, 9.17) is 5.73 Å². The molecule has 3 aromatic rings.